The Morgan fingerprint density at radius 1 is 1.16 bits per heavy atom. The highest BCUT2D eigenvalue weighted by atomic mass is 16.4. The van der Waals surface area contributed by atoms with Crippen LogP contribution in [0.25, 0.3) is 0 Å². The van der Waals surface area contributed by atoms with Gasteiger partial charge in [-0.25, -0.2) is 0 Å². The zero-order valence-corrected chi connectivity index (χ0v) is 18.7. The molecule has 2 aromatic carbocycles. The minimum Gasteiger partial charge on any atom is -0.481 e. The molecule has 0 spiro atoms. The molecule has 1 aliphatic heterocycles. The zero-order valence-electron chi connectivity index (χ0n) is 18.7. The number of aliphatic carboxylic acids is 1. The van der Waals surface area contributed by atoms with E-state index in [2.05, 4.69) is 71.1 Å². The SMILES string of the molecule is Cc1ccc([C@H](C)CN[C@H](c2ccccc2)[C@H]2CNc3cccnc3C2)cc1CC(=O)O. The summed E-state index contributed by atoms with van der Waals surface area (Å²) in [5.74, 6) is -0.150. The lowest BCUT2D eigenvalue weighted by atomic mass is 9.86. The topological polar surface area (TPSA) is 74.2 Å². The molecule has 1 aliphatic rings. The molecule has 0 saturated carbocycles. The summed E-state index contributed by atoms with van der Waals surface area (Å²) in [7, 11) is 0. The van der Waals surface area contributed by atoms with Crippen molar-refractivity contribution in [3.05, 3.63) is 94.8 Å². The minimum absolute atomic E-state index is 0.0621. The number of rotatable bonds is 8. The van der Waals surface area contributed by atoms with Crippen molar-refractivity contribution in [2.45, 2.75) is 38.6 Å². The van der Waals surface area contributed by atoms with Gasteiger partial charge in [-0.1, -0.05) is 55.5 Å². The van der Waals surface area contributed by atoms with Crippen molar-refractivity contribution in [2.24, 2.45) is 5.92 Å². The van der Waals surface area contributed by atoms with Crippen LogP contribution in [0.15, 0.2) is 66.9 Å². The second-order valence-corrected chi connectivity index (χ2v) is 8.80. The summed E-state index contributed by atoms with van der Waals surface area (Å²) in [4.78, 5) is 15.8. The van der Waals surface area contributed by atoms with Crippen molar-refractivity contribution in [1.82, 2.24) is 10.3 Å². The smallest absolute Gasteiger partial charge is 0.307 e. The highest BCUT2D eigenvalue weighted by Gasteiger charge is 2.28. The molecule has 4 rings (SSSR count). The fraction of sp³-hybridized carbons (Fsp3) is 0.333. The number of benzene rings is 2. The highest BCUT2D eigenvalue weighted by Crippen LogP contribution is 2.32. The van der Waals surface area contributed by atoms with Crippen LogP contribution in [0.1, 0.15) is 46.8 Å². The van der Waals surface area contributed by atoms with Gasteiger partial charge >= 0.3 is 5.97 Å². The fourth-order valence-electron chi connectivity index (χ4n) is 4.55. The Hall–Kier alpha value is -3.18. The van der Waals surface area contributed by atoms with Crippen molar-refractivity contribution in [2.75, 3.05) is 18.4 Å². The number of pyridine rings is 1. The van der Waals surface area contributed by atoms with Crippen LogP contribution < -0.4 is 10.6 Å². The second-order valence-electron chi connectivity index (χ2n) is 8.80. The summed E-state index contributed by atoms with van der Waals surface area (Å²) in [6.07, 6.45) is 2.85. The Balaban J connectivity index is 1.51. The molecular formula is C27H31N3O2. The number of nitrogens with zero attached hydrogens (tertiary/aromatic N) is 1. The largest absolute Gasteiger partial charge is 0.481 e. The van der Waals surface area contributed by atoms with Crippen molar-refractivity contribution in [1.29, 1.82) is 0 Å². The number of nitrogens with one attached hydrogen (secondary N) is 2. The van der Waals surface area contributed by atoms with Crippen LogP contribution in [0.5, 0.6) is 0 Å². The summed E-state index contributed by atoms with van der Waals surface area (Å²) in [6, 6.07) is 21.1. The maximum atomic E-state index is 11.2. The lowest BCUT2D eigenvalue weighted by Gasteiger charge is -2.33. The van der Waals surface area contributed by atoms with Gasteiger partial charge in [0.1, 0.15) is 0 Å². The van der Waals surface area contributed by atoms with Crippen molar-refractivity contribution < 1.29 is 9.90 Å². The lowest BCUT2D eigenvalue weighted by molar-refractivity contribution is -0.136. The van der Waals surface area contributed by atoms with Crippen LogP contribution in [-0.4, -0.2) is 29.1 Å². The van der Waals surface area contributed by atoms with Gasteiger partial charge in [0.25, 0.3) is 0 Å². The molecular weight excluding hydrogens is 398 g/mol. The minimum atomic E-state index is -0.793. The lowest BCUT2D eigenvalue weighted by Crippen LogP contribution is -2.37. The Morgan fingerprint density at radius 3 is 2.75 bits per heavy atom. The van der Waals surface area contributed by atoms with E-state index in [9.17, 15) is 9.90 Å². The maximum absolute atomic E-state index is 11.2. The molecule has 166 valence electrons. The van der Waals surface area contributed by atoms with Crippen LogP contribution in [0.3, 0.4) is 0 Å². The zero-order chi connectivity index (χ0) is 22.5. The molecule has 0 bridgehead atoms. The predicted octanol–water partition coefficient (Wildman–Crippen LogP) is 4.74. The third-order valence-corrected chi connectivity index (χ3v) is 6.46. The number of carboxylic acids is 1. The molecule has 5 heteroatoms. The molecule has 3 N–H and O–H groups in total. The van der Waals surface area contributed by atoms with Crippen molar-refractivity contribution >= 4 is 11.7 Å². The van der Waals surface area contributed by atoms with Gasteiger partial charge in [0.15, 0.2) is 0 Å². The standard InChI is InChI=1S/C27H31N3O2/c1-18-10-11-21(13-22(18)15-26(31)32)19(2)16-30-27(20-7-4-3-5-8-20)23-14-25-24(29-17-23)9-6-12-28-25/h3-13,19,23,27,29-30H,14-17H2,1-2H3,(H,31,32)/t19-,23-,27-/m1/s1. The summed E-state index contributed by atoms with van der Waals surface area (Å²) >= 11 is 0. The molecule has 3 atom stereocenters. The van der Waals surface area contributed by atoms with Crippen LogP contribution in [0.2, 0.25) is 0 Å². The first-order chi connectivity index (χ1) is 15.5. The van der Waals surface area contributed by atoms with E-state index >= 15 is 0 Å². The predicted molar refractivity (Wildman–Crippen MR) is 128 cm³/mol. The van der Waals surface area contributed by atoms with Crippen molar-refractivity contribution in [3.63, 3.8) is 0 Å². The van der Waals surface area contributed by atoms with Crippen molar-refractivity contribution in [3.8, 4) is 0 Å². The fourth-order valence-corrected chi connectivity index (χ4v) is 4.55. The van der Waals surface area contributed by atoms with E-state index in [0.29, 0.717) is 5.92 Å². The van der Waals surface area contributed by atoms with Crippen LogP contribution in [0, 0.1) is 12.8 Å². The van der Waals surface area contributed by atoms with Gasteiger partial charge in [-0.05, 0) is 53.6 Å². The number of carbonyl (C=O) groups is 1. The normalized spacial score (nSPS) is 17.1. The average molecular weight is 430 g/mol. The first kappa shape index (κ1) is 22.0. The van der Waals surface area contributed by atoms with E-state index in [1.165, 1.54) is 11.1 Å². The summed E-state index contributed by atoms with van der Waals surface area (Å²) < 4.78 is 0. The third kappa shape index (κ3) is 5.17. The quantitative estimate of drug-likeness (QED) is 0.482. The number of hydrogen-bond donors (Lipinski definition) is 3. The molecule has 0 saturated heterocycles. The van der Waals surface area contributed by atoms with E-state index < -0.39 is 5.97 Å². The molecule has 0 radical (unpaired) electrons. The Bertz CT molecular complexity index is 1070. The second kappa shape index (κ2) is 9.96. The van der Waals surface area contributed by atoms with Gasteiger partial charge in [-0.15, -0.1) is 0 Å². The van der Waals surface area contributed by atoms with Gasteiger partial charge < -0.3 is 15.7 Å². The number of aromatic nitrogens is 1. The van der Waals surface area contributed by atoms with E-state index in [4.69, 9.17) is 0 Å². The average Bonchev–Trinajstić information content (AvgIpc) is 2.81. The van der Waals surface area contributed by atoms with E-state index in [-0.39, 0.29) is 18.4 Å². The van der Waals surface area contributed by atoms with Crippen LogP contribution >= 0.6 is 0 Å². The summed E-state index contributed by atoms with van der Waals surface area (Å²) in [5.41, 5.74) is 6.62. The molecule has 5 nitrogen and oxygen atoms in total. The number of carboxylic acid groups (broad SMARTS) is 1. The van der Waals surface area contributed by atoms with Gasteiger partial charge in [-0.3, -0.25) is 9.78 Å². The molecule has 1 aromatic heterocycles. The first-order valence-electron chi connectivity index (χ1n) is 11.3. The number of fused-ring (bicyclic) bond motifs is 1. The first-order valence-corrected chi connectivity index (χ1v) is 11.3. The van der Waals surface area contributed by atoms with Crippen LogP contribution in [0.4, 0.5) is 5.69 Å². The van der Waals surface area contributed by atoms with E-state index in [1.54, 1.807) is 0 Å². The summed E-state index contributed by atoms with van der Waals surface area (Å²) in [5, 5.41) is 16.6. The molecule has 0 fully saturated rings. The number of aryl methyl sites for hydroxylation is 1. The molecule has 0 aliphatic carbocycles. The van der Waals surface area contributed by atoms with E-state index in [0.717, 1.165) is 42.0 Å². The van der Waals surface area contributed by atoms with Gasteiger partial charge in [0, 0.05) is 31.2 Å². The molecule has 32 heavy (non-hydrogen) atoms. The molecule has 2 heterocycles. The van der Waals surface area contributed by atoms with Gasteiger partial charge in [0.2, 0.25) is 0 Å². The summed E-state index contributed by atoms with van der Waals surface area (Å²) in [6.45, 7) is 5.87. The Morgan fingerprint density at radius 2 is 1.97 bits per heavy atom. The Kier molecular flexibility index (Phi) is 6.86. The molecule has 0 amide bonds. The Labute approximate surface area is 189 Å². The van der Waals surface area contributed by atoms with Gasteiger partial charge in [-0.2, -0.15) is 0 Å². The highest BCUT2D eigenvalue weighted by molar-refractivity contribution is 5.70. The van der Waals surface area contributed by atoms with Crippen LogP contribution in [-0.2, 0) is 17.6 Å². The van der Waals surface area contributed by atoms with E-state index in [1.807, 2.05) is 25.3 Å². The maximum Gasteiger partial charge on any atom is 0.307 e. The van der Waals surface area contributed by atoms with Gasteiger partial charge in [0.05, 0.1) is 17.8 Å². The molecule has 0 unspecified atom stereocenters. The monoisotopic (exact) mass is 429 g/mol. The number of anilines is 1. The number of hydrogen-bond acceptors (Lipinski definition) is 4. The third-order valence-electron chi connectivity index (χ3n) is 6.46. The molecule has 3 aromatic rings.